The van der Waals surface area contributed by atoms with Crippen LogP contribution < -0.4 is 4.74 Å². The molecule has 0 aliphatic carbocycles. The molecule has 34 heavy (non-hydrogen) atoms. The van der Waals surface area contributed by atoms with Gasteiger partial charge < -0.3 is 24.1 Å². The smallest absolute Gasteiger partial charge is 0.262 e. The van der Waals surface area contributed by atoms with E-state index in [0.29, 0.717) is 0 Å². The van der Waals surface area contributed by atoms with Gasteiger partial charge in [0.1, 0.15) is 11.9 Å². The number of hydrogen-bond donors (Lipinski definition) is 1. The Bertz CT molecular complexity index is 1260. The number of oxime groups is 1. The molecule has 2 aliphatic rings. The number of aromatic nitrogens is 2. The van der Waals surface area contributed by atoms with E-state index in [1.165, 1.54) is 0 Å². The summed E-state index contributed by atoms with van der Waals surface area (Å²) >= 11 is 0. The van der Waals surface area contributed by atoms with Gasteiger partial charge in [0, 0.05) is 18.3 Å². The monoisotopic (exact) mass is 458 g/mol. The fourth-order valence-corrected chi connectivity index (χ4v) is 4.84. The Balaban J connectivity index is 1.49. The van der Waals surface area contributed by atoms with Gasteiger partial charge in [0.15, 0.2) is 5.84 Å². The summed E-state index contributed by atoms with van der Waals surface area (Å²) in [4.78, 5) is 12.5. The number of rotatable bonds is 5. The lowest BCUT2D eigenvalue weighted by Gasteiger charge is -2.41. The number of methoxy groups -OCH3 is 1. The number of aliphatic hydroxyl groups is 1. The molecule has 3 heterocycles. The lowest BCUT2D eigenvalue weighted by atomic mass is 9.91. The van der Waals surface area contributed by atoms with E-state index in [4.69, 9.17) is 9.57 Å². The van der Waals surface area contributed by atoms with Crippen molar-refractivity contribution in [2.45, 2.75) is 45.4 Å². The summed E-state index contributed by atoms with van der Waals surface area (Å²) in [7, 11) is 1.68. The fraction of sp³-hybridized carbons (Fsp3) is 0.333. The Labute approximate surface area is 199 Å². The zero-order chi connectivity index (χ0) is 23.9. The summed E-state index contributed by atoms with van der Waals surface area (Å²) in [6, 6.07) is 14.2. The van der Waals surface area contributed by atoms with Crippen molar-refractivity contribution in [2.24, 2.45) is 5.16 Å². The fourth-order valence-electron chi connectivity index (χ4n) is 4.84. The van der Waals surface area contributed by atoms with Gasteiger partial charge in [-0.3, -0.25) is 0 Å². The van der Waals surface area contributed by atoms with Gasteiger partial charge in [-0.15, -0.1) is 0 Å². The number of ether oxygens (including phenoxy) is 1. The molecule has 1 fully saturated rings. The van der Waals surface area contributed by atoms with Crippen LogP contribution in [0.4, 0.5) is 0 Å². The molecule has 1 saturated heterocycles. The Morgan fingerprint density at radius 3 is 2.65 bits per heavy atom. The third-order valence-corrected chi connectivity index (χ3v) is 6.61. The minimum Gasteiger partial charge on any atom is -0.495 e. The van der Waals surface area contributed by atoms with Crippen LogP contribution in [-0.4, -0.2) is 45.2 Å². The molecule has 1 aromatic heterocycles. The average molecular weight is 459 g/mol. The number of benzene rings is 2. The van der Waals surface area contributed by atoms with Gasteiger partial charge in [0.2, 0.25) is 0 Å². The van der Waals surface area contributed by atoms with E-state index in [1.54, 1.807) is 20.4 Å². The van der Waals surface area contributed by atoms with E-state index in [-0.39, 0.29) is 0 Å². The van der Waals surface area contributed by atoms with Crippen LogP contribution in [0.15, 0.2) is 65.7 Å². The number of imidazole rings is 1. The van der Waals surface area contributed by atoms with Crippen molar-refractivity contribution in [1.29, 1.82) is 0 Å². The molecular formula is C27H30N4O3. The SMILES string of the molecule is COc1cc(/C=C2\CCCN3C2=NOC3(c2ccc(C)cc2)C(C)O)ccc1-n1cnc(C)c1. The van der Waals surface area contributed by atoms with Crippen molar-refractivity contribution >= 4 is 11.9 Å². The van der Waals surface area contributed by atoms with E-state index < -0.39 is 11.8 Å². The maximum absolute atomic E-state index is 10.9. The van der Waals surface area contributed by atoms with Crippen molar-refractivity contribution in [3.05, 3.63) is 82.9 Å². The van der Waals surface area contributed by atoms with Crippen molar-refractivity contribution in [3.8, 4) is 11.4 Å². The maximum Gasteiger partial charge on any atom is 0.262 e. The summed E-state index contributed by atoms with van der Waals surface area (Å²) in [6.45, 7) is 6.53. The molecular weight excluding hydrogens is 428 g/mol. The standard InChI is InChI=1S/C27H30N4O3/c1-18-7-10-23(11-8-18)27(20(3)32)31-13-5-6-22(26(31)29-34-27)14-21-9-12-24(25(15-21)33-4)30-16-19(2)28-17-30/h7-12,14-17,20,32H,5-6,13H2,1-4H3/b22-14+. The van der Waals surface area contributed by atoms with Gasteiger partial charge in [-0.25, -0.2) is 4.98 Å². The topological polar surface area (TPSA) is 72.1 Å². The predicted octanol–water partition coefficient (Wildman–Crippen LogP) is 4.55. The molecule has 2 unspecified atom stereocenters. The molecule has 0 spiro atoms. The van der Waals surface area contributed by atoms with Gasteiger partial charge >= 0.3 is 0 Å². The summed E-state index contributed by atoms with van der Waals surface area (Å²) in [6.07, 6.45) is 6.95. The molecule has 176 valence electrons. The van der Waals surface area contributed by atoms with Crippen LogP contribution in [-0.2, 0) is 10.6 Å². The Morgan fingerprint density at radius 2 is 1.97 bits per heavy atom. The van der Waals surface area contributed by atoms with Crippen molar-refractivity contribution in [3.63, 3.8) is 0 Å². The van der Waals surface area contributed by atoms with Crippen molar-refractivity contribution < 1.29 is 14.7 Å². The van der Waals surface area contributed by atoms with Gasteiger partial charge in [-0.05, 0) is 63.0 Å². The number of aliphatic hydroxyl groups excluding tert-OH is 1. The van der Waals surface area contributed by atoms with Crippen molar-refractivity contribution in [1.82, 2.24) is 14.5 Å². The van der Waals surface area contributed by atoms with Gasteiger partial charge in [-0.1, -0.05) is 41.1 Å². The molecule has 0 bridgehead atoms. The highest BCUT2D eigenvalue weighted by Crippen LogP contribution is 2.43. The predicted molar refractivity (Wildman–Crippen MR) is 132 cm³/mol. The number of piperidine rings is 1. The molecule has 3 aromatic rings. The molecule has 5 rings (SSSR count). The Hall–Kier alpha value is -3.58. The summed E-state index contributed by atoms with van der Waals surface area (Å²) in [5.41, 5.74) is 5.01. The third-order valence-electron chi connectivity index (χ3n) is 6.61. The van der Waals surface area contributed by atoms with Crippen LogP contribution in [0, 0.1) is 13.8 Å². The molecule has 0 radical (unpaired) electrons. The molecule has 2 atom stereocenters. The van der Waals surface area contributed by atoms with Crippen LogP contribution in [0.25, 0.3) is 11.8 Å². The van der Waals surface area contributed by atoms with E-state index in [2.05, 4.69) is 27.2 Å². The average Bonchev–Trinajstić information content (AvgIpc) is 3.44. The second-order valence-electron chi connectivity index (χ2n) is 9.02. The Kier molecular flexibility index (Phi) is 5.65. The largest absolute Gasteiger partial charge is 0.495 e. The van der Waals surface area contributed by atoms with Crippen LogP contribution in [0.5, 0.6) is 5.75 Å². The molecule has 7 nitrogen and oxygen atoms in total. The highest BCUT2D eigenvalue weighted by molar-refractivity contribution is 6.03. The first kappa shape index (κ1) is 22.2. The third kappa shape index (κ3) is 3.66. The van der Waals surface area contributed by atoms with E-state index in [1.807, 2.05) is 61.0 Å². The Morgan fingerprint density at radius 1 is 1.18 bits per heavy atom. The van der Waals surface area contributed by atoms with Gasteiger partial charge in [0.05, 0.1) is 24.8 Å². The zero-order valence-corrected chi connectivity index (χ0v) is 20.0. The highest BCUT2D eigenvalue weighted by Gasteiger charge is 2.53. The lowest BCUT2D eigenvalue weighted by Crippen LogP contribution is -2.54. The first-order valence-electron chi connectivity index (χ1n) is 11.6. The van der Waals surface area contributed by atoms with E-state index in [9.17, 15) is 5.11 Å². The molecule has 0 saturated carbocycles. The van der Waals surface area contributed by atoms with Gasteiger partial charge in [-0.2, -0.15) is 0 Å². The summed E-state index contributed by atoms with van der Waals surface area (Å²) < 4.78 is 7.64. The van der Waals surface area contributed by atoms with Crippen LogP contribution in [0.1, 0.15) is 42.1 Å². The van der Waals surface area contributed by atoms with Crippen molar-refractivity contribution in [2.75, 3.05) is 13.7 Å². The number of nitrogens with zero attached hydrogens (tertiary/aromatic N) is 4. The molecule has 7 heteroatoms. The highest BCUT2D eigenvalue weighted by atomic mass is 16.7. The normalized spacial score (nSPS) is 21.7. The molecule has 2 aromatic carbocycles. The maximum atomic E-state index is 10.9. The number of aryl methyl sites for hydroxylation is 2. The molecule has 1 N–H and O–H groups in total. The van der Waals surface area contributed by atoms with E-state index >= 15 is 0 Å². The first-order valence-corrected chi connectivity index (χ1v) is 11.6. The second kappa shape index (κ2) is 8.65. The van der Waals surface area contributed by atoms with Crippen LogP contribution in [0.3, 0.4) is 0 Å². The lowest BCUT2D eigenvalue weighted by molar-refractivity contribution is -0.173. The number of hydrogen-bond acceptors (Lipinski definition) is 6. The number of fused-ring (bicyclic) bond motifs is 1. The second-order valence-corrected chi connectivity index (χ2v) is 9.02. The quantitative estimate of drug-likeness (QED) is 0.607. The van der Waals surface area contributed by atoms with Crippen LogP contribution >= 0.6 is 0 Å². The summed E-state index contributed by atoms with van der Waals surface area (Å²) in [5, 5.41) is 15.4. The minimum atomic E-state index is -1.02. The zero-order valence-electron chi connectivity index (χ0n) is 20.0. The molecule has 0 amide bonds. The number of amidine groups is 1. The van der Waals surface area contributed by atoms with E-state index in [0.717, 1.165) is 64.6 Å². The van der Waals surface area contributed by atoms with Crippen LogP contribution in [0.2, 0.25) is 0 Å². The van der Waals surface area contributed by atoms with Gasteiger partial charge in [0.25, 0.3) is 5.72 Å². The minimum absolute atomic E-state index is 0.761. The molecule has 2 aliphatic heterocycles. The summed E-state index contributed by atoms with van der Waals surface area (Å²) in [5.74, 6) is 1.54. The first-order chi connectivity index (χ1) is 16.4.